The number of sulfonamides is 1. The van der Waals surface area contributed by atoms with Crippen molar-refractivity contribution in [2.75, 3.05) is 39.3 Å². The third-order valence-electron chi connectivity index (χ3n) is 4.95. The first-order valence-corrected chi connectivity index (χ1v) is 10.6. The number of rotatable bonds is 5. The zero-order chi connectivity index (χ0) is 17.7. The van der Waals surface area contributed by atoms with Gasteiger partial charge in [0.2, 0.25) is 15.9 Å². The molecular formula is C18H27N3O3S. The van der Waals surface area contributed by atoms with Crippen LogP contribution in [0.4, 0.5) is 0 Å². The fourth-order valence-electron chi connectivity index (χ4n) is 3.41. The Morgan fingerprint density at radius 3 is 2.40 bits per heavy atom. The second kappa shape index (κ2) is 8.29. The van der Waals surface area contributed by atoms with Gasteiger partial charge >= 0.3 is 0 Å². The van der Waals surface area contributed by atoms with Crippen LogP contribution in [0.1, 0.15) is 31.2 Å². The summed E-state index contributed by atoms with van der Waals surface area (Å²) in [5, 5.41) is 3.29. The van der Waals surface area contributed by atoms with Gasteiger partial charge in [0.1, 0.15) is 0 Å². The molecule has 138 valence electrons. The molecule has 0 aromatic heterocycles. The summed E-state index contributed by atoms with van der Waals surface area (Å²) >= 11 is 0. The summed E-state index contributed by atoms with van der Waals surface area (Å²) in [5.74, 6) is 0.178. The Morgan fingerprint density at radius 2 is 1.68 bits per heavy atom. The van der Waals surface area contributed by atoms with Gasteiger partial charge in [0.05, 0.1) is 4.90 Å². The normalized spacial score (nSPS) is 19.8. The van der Waals surface area contributed by atoms with Crippen LogP contribution in [0.2, 0.25) is 0 Å². The lowest BCUT2D eigenvalue weighted by atomic mass is 10.1. The summed E-state index contributed by atoms with van der Waals surface area (Å²) in [6.45, 7) is 4.64. The zero-order valence-electron chi connectivity index (χ0n) is 14.6. The molecule has 2 aliphatic heterocycles. The van der Waals surface area contributed by atoms with Crippen molar-refractivity contribution in [2.24, 2.45) is 0 Å². The van der Waals surface area contributed by atoms with E-state index in [1.54, 1.807) is 16.4 Å². The Morgan fingerprint density at radius 1 is 0.960 bits per heavy atom. The molecule has 0 bridgehead atoms. The van der Waals surface area contributed by atoms with Crippen molar-refractivity contribution in [1.82, 2.24) is 14.5 Å². The molecule has 2 heterocycles. The summed E-state index contributed by atoms with van der Waals surface area (Å²) in [6.07, 6.45) is 3.98. The first kappa shape index (κ1) is 18.4. The summed E-state index contributed by atoms with van der Waals surface area (Å²) < 4.78 is 26.6. The Labute approximate surface area is 150 Å². The Bertz CT molecular complexity index is 674. The first-order chi connectivity index (χ1) is 12.1. The maximum atomic E-state index is 12.5. The molecule has 0 aliphatic carbocycles. The van der Waals surface area contributed by atoms with E-state index in [0.29, 0.717) is 30.8 Å². The summed E-state index contributed by atoms with van der Waals surface area (Å²) in [5.41, 5.74) is 1.00. The van der Waals surface area contributed by atoms with Gasteiger partial charge < -0.3 is 10.2 Å². The van der Waals surface area contributed by atoms with Crippen molar-refractivity contribution in [3.8, 4) is 0 Å². The number of amides is 1. The fourth-order valence-corrected chi connectivity index (χ4v) is 4.93. The summed E-state index contributed by atoms with van der Waals surface area (Å²) in [6, 6.07) is 7.01. The van der Waals surface area contributed by atoms with Crippen LogP contribution in [0.5, 0.6) is 0 Å². The monoisotopic (exact) mass is 365 g/mol. The minimum atomic E-state index is -3.36. The molecule has 6 nitrogen and oxygen atoms in total. The lowest BCUT2D eigenvalue weighted by Gasteiger charge is -2.20. The molecule has 0 saturated carbocycles. The second-order valence-electron chi connectivity index (χ2n) is 6.74. The smallest absolute Gasteiger partial charge is 0.243 e. The van der Waals surface area contributed by atoms with Gasteiger partial charge in [-0.1, -0.05) is 12.1 Å². The number of nitrogens with one attached hydrogen (secondary N) is 1. The van der Waals surface area contributed by atoms with E-state index in [1.165, 1.54) is 0 Å². The Hall–Kier alpha value is -1.44. The second-order valence-corrected chi connectivity index (χ2v) is 8.68. The topological polar surface area (TPSA) is 69.7 Å². The molecule has 2 aliphatic rings. The van der Waals surface area contributed by atoms with E-state index in [2.05, 4.69) is 5.32 Å². The van der Waals surface area contributed by atoms with Crippen molar-refractivity contribution in [1.29, 1.82) is 0 Å². The van der Waals surface area contributed by atoms with Crippen LogP contribution in [0.15, 0.2) is 29.2 Å². The van der Waals surface area contributed by atoms with Crippen molar-refractivity contribution in [3.63, 3.8) is 0 Å². The minimum absolute atomic E-state index is 0.178. The van der Waals surface area contributed by atoms with Crippen molar-refractivity contribution in [2.45, 2.75) is 37.0 Å². The molecule has 0 unspecified atom stereocenters. The van der Waals surface area contributed by atoms with E-state index in [1.807, 2.05) is 17.0 Å². The predicted octanol–water partition coefficient (Wildman–Crippen LogP) is 1.23. The number of carbonyl (C=O) groups excluding carboxylic acids is 1. The predicted molar refractivity (Wildman–Crippen MR) is 96.8 cm³/mol. The van der Waals surface area contributed by atoms with Gasteiger partial charge in [-0.15, -0.1) is 0 Å². The highest BCUT2D eigenvalue weighted by Gasteiger charge is 2.26. The summed E-state index contributed by atoms with van der Waals surface area (Å²) in [7, 11) is -3.36. The van der Waals surface area contributed by atoms with Crippen LogP contribution < -0.4 is 5.32 Å². The molecule has 3 rings (SSSR count). The van der Waals surface area contributed by atoms with Crippen LogP contribution in [-0.4, -0.2) is 62.8 Å². The van der Waals surface area contributed by atoms with Crippen LogP contribution in [-0.2, 0) is 21.2 Å². The fraction of sp³-hybridized carbons (Fsp3) is 0.611. The molecule has 2 fully saturated rings. The maximum Gasteiger partial charge on any atom is 0.243 e. The van der Waals surface area contributed by atoms with Gasteiger partial charge in [0.15, 0.2) is 0 Å². The average Bonchev–Trinajstić information content (AvgIpc) is 3.04. The lowest BCUT2D eigenvalue weighted by Crippen LogP contribution is -2.34. The number of aryl methyl sites for hydroxylation is 1. The molecule has 0 spiro atoms. The highest BCUT2D eigenvalue weighted by atomic mass is 32.2. The quantitative estimate of drug-likeness (QED) is 0.852. The standard InChI is InChI=1S/C18H27N3O3S/c22-18(20-12-3-10-19-11-15-20)9-6-16-4-7-17(8-5-16)25(23,24)21-13-1-2-14-21/h4-5,7-8,19H,1-3,6,9-15H2. The van der Waals surface area contributed by atoms with Crippen LogP contribution >= 0.6 is 0 Å². The Kier molecular flexibility index (Phi) is 6.09. The molecule has 1 N–H and O–H groups in total. The first-order valence-electron chi connectivity index (χ1n) is 9.15. The number of nitrogens with zero attached hydrogens (tertiary/aromatic N) is 2. The molecule has 7 heteroatoms. The van der Waals surface area contributed by atoms with Gasteiger partial charge in [-0.05, 0) is 49.9 Å². The van der Waals surface area contributed by atoms with Crippen LogP contribution in [0.3, 0.4) is 0 Å². The molecule has 0 atom stereocenters. The summed E-state index contributed by atoms with van der Waals surface area (Å²) in [4.78, 5) is 14.6. The Balaban J connectivity index is 1.56. The van der Waals surface area contributed by atoms with E-state index < -0.39 is 10.0 Å². The highest BCUT2D eigenvalue weighted by Crippen LogP contribution is 2.21. The van der Waals surface area contributed by atoms with Gasteiger partial charge in [0, 0.05) is 39.1 Å². The van der Waals surface area contributed by atoms with Crippen molar-refractivity contribution in [3.05, 3.63) is 29.8 Å². The average molecular weight is 365 g/mol. The lowest BCUT2D eigenvalue weighted by molar-refractivity contribution is -0.130. The van der Waals surface area contributed by atoms with E-state index in [-0.39, 0.29) is 5.91 Å². The van der Waals surface area contributed by atoms with Crippen LogP contribution in [0, 0.1) is 0 Å². The zero-order valence-corrected chi connectivity index (χ0v) is 15.4. The third-order valence-corrected chi connectivity index (χ3v) is 6.86. The minimum Gasteiger partial charge on any atom is -0.341 e. The highest BCUT2D eigenvalue weighted by molar-refractivity contribution is 7.89. The van der Waals surface area contributed by atoms with E-state index in [0.717, 1.165) is 51.0 Å². The van der Waals surface area contributed by atoms with Crippen molar-refractivity contribution < 1.29 is 13.2 Å². The maximum absolute atomic E-state index is 12.5. The molecule has 1 aromatic carbocycles. The number of benzene rings is 1. The third kappa shape index (κ3) is 4.59. The molecule has 25 heavy (non-hydrogen) atoms. The number of hydrogen-bond donors (Lipinski definition) is 1. The van der Waals surface area contributed by atoms with Gasteiger partial charge in [-0.25, -0.2) is 8.42 Å². The molecule has 1 aromatic rings. The van der Waals surface area contributed by atoms with Gasteiger partial charge in [-0.2, -0.15) is 4.31 Å². The van der Waals surface area contributed by atoms with E-state index in [9.17, 15) is 13.2 Å². The van der Waals surface area contributed by atoms with E-state index >= 15 is 0 Å². The SMILES string of the molecule is O=C(CCc1ccc(S(=O)(=O)N2CCCC2)cc1)N1CCCNCC1. The number of hydrogen-bond acceptors (Lipinski definition) is 4. The van der Waals surface area contributed by atoms with Crippen LogP contribution in [0.25, 0.3) is 0 Å². The van der Waals surface area contributed by atoms with Gasteiger partial charge in [0.25, 0.3) is 0 Å². The molecular weight excluding hydrogens is 338 g/mol. The largest absolute Gasteiger partial charge is 0.341 e. The van der Waals surface area contributed by atoms with Gasteiger partial charge in [-0.3, -0.25) is 4.79 Å². The molecule has 2 saturated heterocycles. The molecule has 1 amide bonds. The molecule has 0 radical (unpaired) electrons. The van der Waals surface area contributed by atoms with Crippen molar-refractivity contribution >= 4 is 15.9 Å². The number of carbonyl (C=O) groups is 1. The van der Waals surface area contributed by atoms with E-state index in [4.69, 9.17) is 0 Å².